The van der Waals surface area contributed by atoms with Crippen LogP contribution in [0.3, 0.4) is 0 Å². The summed E-state index contributed by atoms with van der Waals surface area (Å²) in [6, 6.07) is 16.6. The molecule has 136 valence electrons. The first kappa shape index (κ1) is 18.3. The number of benzene rings is 2. The van der Waals surface area contributed by atoms with Crippen molar-refractivity contribution in [2.75, 3.05) is 6.54 Å². The summed E-state index contributed by atoms with van der Waals surface area (Å²) in [5.74, 6) is 6.01. The highest BCUT2D eigenvalue weighted by Crippen LogP contribution is 2.10. The van der Waals surface area contributed by atoms with Crippen molar-refractivity contribution < 1.29 is 9.53 Å². The number of aromatic amines is 1. The lowest BCUT2D eigenvalue weighted by Gasteiger charge is -2.05. The van der Waals surface area contributed by atoms with Gasteiger partial charge in [-0.15, -0.1) is 0 Å². The van der Waals surface area contributed by atoms with E-state index in [1.54, 1.807) is 12.1 Å². The van der Waals surface area contributed by atoms with Gasteiger partial charge >= 0.3 is 6.09 Å². The molecule has 2 aromatic carbocycles. The number of pyridine rings is 1. The van der Waals surface area contributed by atoms with Crippen LogP contribution in [-0.2, 0) is 11.3 Å². The molecule has 0 unspecified atom stereocenters. The van der Waals surface area contributed by atoms with Crippen LogP contribution >= 0.6 is 0 Å². The van der Waals surface area contributed by atoms with Crippen molar-refractivity contribution >= 4 is 17.0 Å². The second-order valence-corrected chi connectivity index (χ2v) is 6.12. The molecular weight excluding hydrogens is 340 g/mol. The van der Waals surface area contributed by atoms with E-state index in [0.717, 1.165) is 22.3 Å². The number of carbonyl (C=O) groups is 1. The van der Waals surface area contributed by atoms with Crippen molar-refractivity contribution in [3.8, 4) is 11.8 Å². The van der Waals surface area contributed by atoms with Crippen molar-refractivity contribution in [1.82, 2.24) is 10.3 Å². The standard InChI is InChI=1S/C22H20N2O3/c1-16-13-21(25)19-14-17(10-11-20(19)24-16)7-5-6-12-23-22(26)27-15-18-8-3-2-4-9-18/h2-4,8-11,13-14H,6,12,15H2,1H3,(H,23,26)(H,24,25). The first-order chi connectivity index (χ1) is 13.1. The van der Waals surface area contributed by atoms with Gasteiger partial charge in [0, 0.05) is 41.2 Å². The average molecular weight is 360 g/mol. The molecule has 0 aliphatic heterocycles. The molecule has 0 saturated heterocycles. The third kappa shape index (κ3) is 5.23. The minimum Gasteiger partial charge on any atom is -0.445 e. The number of amides is 1. The minimum atomic E-state index is -0.465. The van der Waals surface area contributed by atoms with Gasteiger partial charge in [0.05, 0.1) is 0 Å². The van der Waals surface area contributed by atoms with Gasteiger partial charge in [0.25, 0.3) is 0 Å². The van der Waals surface area contributed by atoms with Crippen LogP contribution in [0.1, 0.15) is 23.2 Å². The highest BCUT2D eigenvalue weighted by molar-refractivity contribution is 5.80. The van der Waals surface area contributed by atoms with Gasteiger partial charge in [0.15, 0.2) is 5.43 Å². The topological polar surface area (TPSA) is 71.2 Å². The van der Waals surface area contributed by atoms with Crippen molar-refractivity contribution in [2.24, 2.45) is 0 Å². The summed E-state index contributed by atoms with van der Waals surface area (Å²) < 4.78 is 5.13. The fourth-order valence-electron chi connectivity index (χ4n) is 2.62. The Bertz CT molecular complexity index is 1060. The third-order valence-corrected chi connectivity index (χ3v) is 3.93. The van der Waals surface area contributed by atoms with Gasteiger partial charge in [-0.25, -0.2) is 4.79 Å². The quantitative estimate of drug-likeness (QED) is 0.552. The van der Waals surface area contributed by atoms with Crippen LogP contribution in [0.5, 0.6) is 0 Å². The number of aromatic nitrogens is 1. The number of hydrogen-bond donors (Lipinski definition) is 2. The molecular formula is C22H20N2O3. The first-order valence-corrected chi connectivity index (χ1v) is 8.69. The summed E-state index contributed by atoms with van der Waals surface area (Å²) in [6.45, 7) is 2.49. The molecule has 5 nitrogen and oxygen atoms in total. The Labute approximate surface area is 157 Å². The zero-order chi connectivity index (χ0) is 19.1. The van der Waals surface area contributed by atoms with Gasteiger partial charge in [-0.05, 0) is 30.7 Å². The molecule has 0 bridgehead atoms. The van der Waals surface area contributed by atoms with Gasteiger partial charge in [-0.2, -0.15) is 0 Å². The fourth-order valence-corrected chi connectivity index (χ4v) is 2.62. The molecule has 3 rings (SSSR count). The summed E-state index contributed by atoms with van der Waals surface area (Å²) in [5.41, 5.74) is 3.31. The van der Waals surface area contributed by atoms with Gasteiger partial charge < -0.3 is 15.0 Å². The predicted octanol–water partition coefficient (Wildman–Crippen LogP) is 3.50. The number of nitrogens with one attached hydrogen (secondary N) is 2. The Morgan fingerprint density at radius 3 is 2.78 bits per heavy atom. The third-order valence-electron chi connectivity index (χ3n) is 3.93. The first-order valence-electron chi connectivity index (χ1n) is 8.69. The van der Waals surface area contributed by atoms with E-state index in [-0.39, 0.29) is 12.0 Å². The minimum absolute atomic E-state index is 0.0206. The number of aryl methyl sites for hydroxylation is 1. The molecule has 0 radical (unpaired) electrons. The second-order valence-electron chi connectivity index (χ2n) is 6.12. The van der Waals surface area contributed by atoms with E-state index in [9.17, 15) is 9.59 Å². The largest absolute Gasteiger partial charge is 0.445 e. The summed E-state index contributed by atoms with van der Waals surface area (Å²) in [5, 5.41) is 3.29. The van der Waals surface area contributed by atoms with E-state index < -0.39 is 6.09 Å². The zero-order valence-corrected chi connectivity index (χ0v) is 15.0. The number of ether oxygens (including phenoxy) is 1. The Balaban J connectivity index is 1.48. The van der Waals surface area contributed by atoms with E-state index in [1.165, 1.54) is 0 Å². The lowest BCUT2D eigenvalue weighted by molar-refractivity contribution is 0.140. The van der Waals surface area contributed by atoms with Crippen LogP contribution in [0, 0.1) is 18.8 Å². The lowest BCUT2D eigenvalue weighted by atomic mass is 10.1. The van der Waals surface area contributed by atoms with E-state index in [2.05, 4.69) is 22.1 Å². The maximum absolute atomic E-state index is 12.0. The number of rotatable bonds is 4. The zero-order valence-electron chi connectivity index (χ0n) is 15.0. The maximum atomic E-state index is 12.0. The Kier molecular flexibility index (Phi) is 5.91. The lowest BCUT2D eigenvalue weighted by Crippen LogP contribution is -2.24. The average Bonchev–Trinajstić information content (AvgIpc) is 2.67. The van der Waals surface area contributed by atoms with Gasteiger partial charge in [-0.3, -0.25) is 4.79 Å². The number of hydrogen-bond acceptors (Lipinski definition) is 3. The molecule has 1 heterocycles. The van der Waals surface area contributed by atoms with Crippen molar-refractivity contribution in [2.45, 2.75) is 20.0 Å². The van der Waals surface area contributed by atoms with Crippen LogP contribution in [-0.4, -0.2) is 17.6 Å². The molecule has 0 fully saturated rings. The molecule has 27 heavy (non-hydrogen) atoms. The van der Waals surface area contributed by atoms with E-state index in [4.69, 9.17) is 4.74 Å². The van der Waals surface area contributed by atoms with Crippen molar-refractivity contribution in [1.29, 1.82) is 0 Å². The van der Waals surface area contributed by atoms with E-state index in [1.807, 2.05) is 49.4 Å². The van der Waals surface area contributed by atoms with E-state index >= 15 is 0 Å². The molecule has 1 amide bonds. The summed E-state index contributed by atoms with van der Waals surface area (Å²) in [7, 11) is 0. The normalized spacial score (nSPS) is 10.1. The van der Waals surface area contributed by atoms with E-state index in [0.29, 0.717) is 18.4 Å². The van der Waals surface area contributed by atoms with Crippen LogP contribution in [0.15, 0.2) is 59.4 Å². The molecule has 0 atom stereocenters. The Hall–Kier alpha value is -3.52. The summed E-state index contributed by atoms with van der Waals surface area (Å²) in [4.78, 5) is 26.8. The summed E-state index contributed by atoms with van der Waals surface area (Å²) >= 11 is 0. The Morgan fingerprint density at radius 2 is 1.96 bits per heavy atom. The summed E-state index contributed by atoms with van der Waals surface area (Å²) in [6.07, 6.45) is 0.0242. The SMILES string of the molecule is Cc1cc(=O)c2cc(C#CCCNC(=O)OCc3ccccc3)ccc2[nH]1. The van der Waals surface area contributed by atoms with Gasteiger partial charge in [0.1, 0.15) is 6.61 Å². The Morgan fingerprint density at radius 1 is 1.15 bits per heavy atom. The van der Waals surface area contributed by atoms with Crippen LogP contribution in [0.25, 0.3) is 10.9 Å². The monoisotopic (exact) mass is 360 g/mol. The number of carbonyl (C=O) groups excluding carboxylic acids is 1. The van der Waals surface area contributed by atoms with Crippen molar-refractivity contribution in [3.63, 3.8) is 0 Å². The van der Waals surface area contributed by atoms with Gasteiger partial charge in [0.2, 0.25) is 0 Å². The molecule has 0 aliphatic rings. The molecule has 0 spiro atoms. The van der Waals surface area contributed by atoms with Crippen LogP contribution < -0.4 is 10.7 Å². The molecule has 0 saturated carbocycles. The molecule has 2 N–H and O–H groups in total. The smallest absolute Gasteiger partial charge is 0.407 e. The number of fused-ring (bicyclic) bond motifs is 1. The van der Waals surface area contributed by atoms with Gasteiger partial charge in [-0.1, -0.05) is 42.2 Å². The molecule has 3 aromatic rings. The molecule has 0 aliphatic carbocycles. The molecule has 1 aromatic heterocycles. The maximum Gasteiger partial charge on any atom is 0.407 e. The second kappa shape index (κ2) is 8.72. The van der Waals surface area contributed by atoms with Crippen LogP contribution in [0.2, 0.25) is 0 Å². The van der Waals surface area contributed by atoms with Crippen molar-refractivity contribution in [3.05, 3.63) is 81.6 Å². The predicted molar refractivity (Wildman–Crippen MR) is 105 cm³/mol. The number of H-pyrrole nitrogens is 1. The number of alkyl carbamates (subject to hydrolysis) is 1. The highest BCUT2D eigenvalue weighted by atomic mass is 16.5. The fraction of sp³-hybridized carbons (Fsp3) is 0.182. The highest BCUT2D eigenvalue weighted by Gasteiger charge is 2.02. The van der Waals surface area contributed by atoms with Crippen LogP contribution in [0.4, 0.5) is 4.79 Å². The molecule has 5 heteroatoms.